The van der Waals surface area contributed by atoms with E-state index in [4.69, 9.17) is 9.40 Å². The van der Waals surface area contributed by atoms with Crippen LogP contribution in [0.1, 0.15) is 24.2 Å². The van der Waals surface area contributed by atoms with Crippen molar-refractivity contribution in [3.8, 4) is 22.8 Å². The lowest BCUT2D eigenvalue weighted by atomic mass is 10.1. The smallest absolute Gasteiger partial charge is 0.335 e. The Balaban J connectivity index is 1.86. The van der Waals surface area contributed by atoms with Crippen LogP contribution in [0.2, 0.25) is 0 Å². The normalized spacial score (nSPS) is 11.2. The summed E-state index contributed by atoms with van der Waals surface area (Å²) in [5, 5.41) is 10.0. The number of halogens is 1. The Morgan fingerprint density at radius 1 is 1.03 bits per heavy atom. The number of pyridine rings is 1. The molecule has 0 saturated heterocycles. The average Bonchev–Trinajstić information content (AvgIpc) is 3.22. The number of anilines is 1. The van der Waals surface area contributed by atoms with Gasteiger partial charge >= 0.3 is 5.97 Å². The number of rotatable bonds is 5. The zero-order valence-electron chi connectivity index (χ0n) is 16.9. The summed E-state index contributed by atoms with van der Waals surface area (Å²) in [6.45, 7) is 4.13. The van der Waals surface area contributed by atoms with E-state index < -0.39 is 5.97 Å². The number of carboxylic acid groups (broad SMARTS) is 1. The van der Waals surface area contributed by atoms with Gasteiger partial charge in [-0.25, -0.2) is 14.2 Å². The third-order valence-electron chi connectivity index (χ3n) is 5.16. The van der Waals surface area contributed by atoms with Gasteiger partial charge in [0.15, 0.2) is 5.76 Å². The number of fused-ring (bicyclic) bond motifs is 1. The Kier molecular flexibility index (Phi) is 4.99. The molecule has 2 aromatic heterocycles. The molecule has 0 amide bonds. The van der Waals surface area contributed by atoms with Crippen LogP contribution in [-0.2, 0) is 0 Å². The maximum absolute atomic E-state index is 13.2. The summed E-state index contributed by atoms with van der Waals surface area (Å²) in [7, 11) is 1.96. The Hall–Kier alpha value is -3.67. The molecule has 4 rings (SSSR count). The summed E-state index contributed by atoms with van der Waals surface area (Å²) in [6, 6.07) is 16.8. The minimum Gasteiger partial charge on any atom is -0.478 e. The predicted molar refractivity (Wildman–Crippen MR) is 115 cm³/mol. The number of hydrogen-bond acceptors (Lipinski definition) is 4. The monoisotopic (exact) mass is 404 g/mol. The molecule has 2 heterocycles. The first-order valence-electron chi connectivity index (χ1n) is 9.60. The van der Waals surface area contributed by atoms with Crippen LogP contribution >= 0.6 is 0 Å². The Bertz CT molecular complexity index is 1230. The van der Waals surface area contributed by atoms with Crippen LogP contribution in [0.4, 0.5) is 10.1 Å². The minimum atomic E-state index is -0.977. The SMILES string of the molecule is CC(C)N(C)c1cc2cc(C(=O)O)ccc2nc1-c1ccc(-c2ccc(F)cc2)o1. The number of nitrogens with zero attached hydrogens (tertiary/aromatic N) is 2. The molecule has 0 spiro atoms. The van der Waals surface area contributed by atoms with Gasteiger partial charge in [0.2, 0.25) is 0 Å². The molecular formula is C24H21FN2O3. The molecule has 0 unspecified atom stereocenters. The topological polar surface area (TPSA) is 66.6 Å². The van der Waals surface area contributed by atoms with Crippen LogP contribution in [0.15, 0.2) is 65.1 Å². The van der Waals surface area contributed by atoms with E-state index in [1.807, 2.05) is 25.2 Å². The van der Waals surface area contributed by atoms with Gasteiger partial charge in [0.05, 0.1) is 16.8 Å². The maximum Gasteiger partial charge on any atom is 0.335 e. The van der Waals surface area contributed by atoms with Gasteiger partial charge in [0, 0.05) is 24.0 Å². The molecule has 0 aliphatic heterocycles. The summed E-state index contributed by atoms with van der Waals surface area (Å²) in [6.07, 6.45) is 0. The van der Waals surface area contributed by atoms with E-state index >= 15 is 0 Å². The summed E-state index contributed by atoms with van der Waals surface area (Å²) in [4.78, 5) is 18.2. The standard InChI is InChI=1S/C24H21FN2O3/c1-14(2)27(3)20-13-17-12-16(24(28)29)6-9-19(17)26-23(20)22-11-10-21(30-22)15-4-7-18(25)8-5-15/h4-14H,1-3H3,(H,28,29). The molecule has 1 N–H and O–H groups in total. The summed E-state index contributed by atoms with van der Waals surface area (Å²) in [5.41, 5.74) is 3.16. The number of benzene rings is 2. The van der Waals surface area contributed by atoms with Gasteiger partial charge in [-0.3, -0.25) is 0 Å². The van der Waals surface area contributed by atoms with Gasteiger partial charge in [-0.05, 0) is 74.5 Å². The fraction of sp³-hybridized carbons (Fsp3) is 0.167. The van der Waals surface area contributed by atoms with Crippen molar-refractivity contribution in [3.63, 3.8) is 0 Å². The molecule has 0 fully saturated rings. The molecule has 152 valence electrons. The van der Waals surface area contributed by atoms with E-state index in [1.165, 1.54) is 12.1 Å². The maximum atomic E-state index is 13.2. The number of furan rings is 1. The van der Waals surface area contributed by atoms with E-state index in [1.54, 1.807) is 30.3 Å². The lowest BCUT2D eigenvalue weighted by Crippen LogP contribution is -2.26. The molecule has 2 aromatic carbocycles. The second kappa shape index (κ2) is 7.63. The zero-order chi connectivity index (χ0) is 21.4. The van der Waals surface area contributed by atoms with Crippen molar-refractivity contribution in [3.05, 3.63) is 72.0 Å². The first-order valence-corrected chi connectivity index (χ1v) is 9.60. The van der Waals surface area contributed by atoms with Crippen molar-refractivity contribution >= 4 is 22.6 Å². The molecule has 0 radical (unpaired) electrons. The third-order valence-corrected chi connectivity index (χ3v) is 5.16. The fourth-order valence-electron chi connectivity index (χ4n) is 3.26. The van der Waals surface area contributed by atoms with Gasteiger partial charge in [-0.1, -0.05) is 0 Å². The lowest BCUT2D eigenvalue weighted by Gasteiger charge is -2.25. The lowest BCUT2D eigenvalue weighted by molar-refractivity contribution is 0.0697. The third kappa shape index (κ3) is 3.64. The van der Waals surface area contributed by atoms with Crippen molar-refractivity contribution in [2.45, 2.75) is 19.9 Å². The van der Waals surface area contributed by atoms with Crippen molar-refractivity contribution in [2.24, 2.45) is 0 Å². The molecule has 0 saturated carbocycles. The van der Waals surface area contributed by atoms with Crippen LogP contribution in [0, 0.1) is 5.82 Å². The highest BCUT2D eigenvalue weighted by Gasteiger charge is 2.19. The van der Waals surface area contributed by atoms with Gasteiger partial charge < -0.3 is 14.4 Å². The van der Waals surface area contributed by atoms with Crippen LogP contribution in [-0.4, -0.2) is 29.1 Å². The van der Waals surface area contributed by atoms with Gasteiger partial charge in [0.25, 0.3) is 0 Å². The highest BCUT2D eigenvalue weighted by molar-refractivity contribution is 5.95. The second-order valence-electron chi connectivity index (χ2n) is 7.44. The van der Waals surface area contributed by atoms with Gasteiger partial charge in [-0.15, -0.1) is 0 Å². The quantitative estimate of drug-likeness (QED) is 0.452. The van der Waals surface area contributed by atoms with Gasteiger partial charge in [-0.2, -0.15) is 0 Å². The van der Waals surface area contributed by atoms with E-state index in [0.717, 1.165) is 16.6 Å². The minimum absolute atomic E-state index is 0.192. The first kappa shape index (κ1) is 19.6. The largest absolute Gasteiger partial charge is 0.478 e. The number of aromatic nitrogens is 1. The predicted octanol–water partition coefficient (Wildman–Crippen LogP) is 5.84. The van der Waals surface area contributed by atoms with Crippen molar-refractivity contribution in [1.82, 2.24) is 4.98 Å². The number of hydrogen-bond donors (Lipinski definition) is 1. The molecular weight excluding hydrogens is 383 g/mol. The second-order valence-corrected chi connectivity index (χ2v) is 7.44. The summed E-state index contributed by atoms with van der Waals surface area (Å²) < 4.78 is 19.3. The Labute approximate surface area is 173 Å². The highest BCUT2D eigenvalue weighted by atomic mass is 19.1. The van der Waals surface area contributed by atoms with E-state index in [2.05, 4.69) is 18.7 Å². The van der Waals surface area contributed by atoms with E-state index in [0.29, 0.717) is 22.7 Å². The molecule has 4 aromatic rings. The van der Waals surface area contributed by atoms with Crippen LogP contribution in [0.3, 0.4) is 0 Å². The van der Waals surface area contributed by atoms with E-state index in [9.17, 15) is 14.3 Å². The van der Waals surface area contributed by atoms with Crippen molar-refractivity contribution < 1.29 is 18.7 Å². The summed E-state index contributed by atoms with van der Waals surface area (Å²) >= 11 is 0. The van der Waals surface area contributed by atoms with Crippen LogP contribution in [0.5, 0.6) is 0 Å². The van der Waals surface area contributed by atoms with Crippen LogP contribution < -0.4 is 4.90 Å². The average molecular weight is 404 g/mol. The fourth-order valence-corrected chi connectivity index (χ4v) is 3.26. The number of aromatic carboxylic acids is 1. The van der Waals surface area contributed by atoms with Crippen molar-refractivity contribution in [1.29, 1.82) is 0 Å². The first-order chi connectivity index (χ1) is 14.3. The molecule has 0 bridgehead atoms. The molecule has 0 aliphatic rings. The molecule has 6 heteroatoms. The summed E-state index contributed by atoms with van der Waals surface area (Å²) in [5.74, 6) is -0.0784. The number of carboxylic acids is 1. The Morgan fingerprint density at radius 2 is 1.73 bits per heavy atom. The Morgan fingerprint density at radius 3 is 2.40 bits per heavy atom. The van der Waals surface area contributed by atoms with Gasteiger partial charge in [0.1, 0.15) is 17.3 Å². The zero-order valence-corrected chi connectivity index (χ0v) is 16.9. The van der Waals surface area contributed by atoms with E-state index in [-0.39, 0.29) is 17.4 Å². The van der Waals surface area contributed by atoms with Crippen molar-refractivity contribution in [2.75, 3.05) is 11.9 Å². The molecule has 0 aliphatic carbocycles. The molecule has 5 nitrogen and oxygen atoms in total. The number of carbonyl (C=O) groups is 1. The highest BCUT2D eigenvalue weighted by Crippen LogP contribution is 2.36. The molecule has 0 atom stereocenters. The molecule has 30 heavy (non-hydrogen) atoms. The van der Waals surface area contributed by atoms with Crippen LogP contribution in [0.25, 0.3) is 33.7 Å².